The molecule has 0 bridgehead atoms. The van der Waals surface area contributed by atoms with Crippen LogP contribution in [-0.4, -0.2) is 123 Å². The average molecular weight is 534 g/mol. The van der Waals surface area contributed by atoms with Crippen LogP contribution in [0.3, 0.4) is 0 Å². The third-order valence-electron chi connectivity index (χ3n) is 6.91. The van der Waals surface area contributed by atoms with Gasteiger partial charge in [0.2, 0.25) is 0 Å². The Morgan fingerprint density at radius 1 is 0.861 bits per heavy atom. The van der Waals surface area contributed by atoms with E-state index in [1.165, 1.54) is 20.2 Å². The van der Waals surface area contributed by atoms with Gasteiger partial charge in [0, 0.05) is 42.7 Å². The molecule has 0 saturated carbocycles. The predicted molar refractivity (Wildman–Crippen MR) is 143 cm³/mol. The molecule has 0 N–H and O–H groups in total. The Morgan fingerprint density at radius 3 is 1.67 bits per heavy atom. The quantitative estimate of drug-likeness (QED) is 0.509. The summed E-state index contributed by atoms with van der Waals surface area (Å²) in [7, 11) is -1.33. The normalized spacial score (nSPS) is 24.2. The molecular formula is C26H51N3O6S. The molecule has 10 heteroatoms. The number of likely N-dealkylation sites (tertiary alicyclic amines) is 2. The third-order valence-corrected chi connectivity index (χ3v) is 8.52. The lowest BCUT2D eigenvalue weighted by atomic mass is 9.75. The van der Waals surface area contributed by atoms with Gasteiger partial charge in [-0.2, -0.15) is 0 Å². The van der Waals surface area contributed by atoms with Gasteiger partial charge in [-0.1, -0.05) is 0 Å². The first-order valence-corrected chi connectivity index (χ1v) is 14.9. The molecule has 0 aromatic rings. The van der Waals surface area contributed by atoms with Crippen molar-refractivity contribution in [2.45, 2.75) is 85.1 Å². The number of rotatable bonds is 1. The zero-order chi connectivity index (χ0) is 27.6. The summed E-state index contributed by atoms with van der Waals surface area (Å²) in [5, 5.41) is 0. The van der Waals surface area contributed by atoms with Crippen LogP contribution in [0.15, 0.2) is 0 Å². The van der Waals surface area contributed by atoms with E-state index in [0.717, 1.165) is 13.2 Å². The van der Waals surface area contributed by atoms with Crippen molar-refractivity contribution in [3.05, 3.63) is 0 Å². The molecule has 0 aliphatic carbocycles. The van der Waals surface area contributed by atoms with Gasteiger partial charge in [0.15, 0.2) is 9.84 Å². The van der Waals surface area contributed by atoms with Crippen LogP contribution in [0.25, 0.3) is 0 Å². The number of methoxy groups -OCH3 is 1. The lowest BCUT2D eigenvalue weighted by molar-refractivity contribution is -0.207. The SMILES string of the molecule is CC(C)(C)N1CC2(COC2)C1.CC(C)(C)N1CCS(=O)(=O)CC1.COC(=O)N1CC(OC(C)(C)C)C1. The first-order valence-electron chi connectivity index (χ1n) is 13.0. The highest BCUT2D eigenvalue weighted by Gasteiger charge is 2.51. The van der Waals surface area contributed by atoms with Crippen molar-refractivity contribution < 1.29 is 27.4 Å². The largest absolute Gasteiger partial charge is 0.453 e. The molecule has 4 saturated heterocycles. The van der Waals surface area contributed by atoms with Crippen LogP contribution < -0.4 is 0 Å². The standard InChI is InChI=1S/C9H17NO3.C9H17NO.C8H17NO2S/c1-9(2,3)13-7-5-10(6-7)8(11)12-4;1-8(2,3)10-4-9(5-10)6-11-7-9;1-8(2,3)9-4-6-12(10,11)7-5-9/h7H,5-6H2,1-4H3;4-7H2,1-3H3;4-7H2,1-3H3. The van der Waals surface area contributed by atoms with Gasteiger partial charge in [0.05, 0.1) is 56.6 Å². The van der Waals surface area contributed by atoms with Crippen molar-refractivity contribution in [2.24, 2.45) is 5.41 Å². The van der Waals surface area contributed by atoms with Gasteiger partial charge in [-0.25, -0.2) is 13.2 Å². The van der Waals surface area contributed by atoms with Gasteiger partial charge in [0.1, 0.15) is 0 Å². The van der Waals surface area contributed by atoms with E-state index < -0.39 is 9.84 Å². The molecule has 0 radical (unpaired) electrons. The van der Waals surface area contributed by atoms with Gasteiger partial charge in [0.25, 0.3) is 0 Å². The average Bonchev–Trinajstić information content (AvgIpc) is 2.59. The summed E-state index contributed by atoms with van der Waals surface area (Å²) in [6.07, 6.45) is -0.104. The van der Waals surface area contributed by atoms with Gasteiger partial charge in [-0.3, -0.25) is 9.80 Å². The van der Waals surface area contributed by atoms with Crippen molar-refractivity contribution in [1.82, 2.24) is 14.7 Å². The number of amides is 1. The van der Waals surface area contributed by atoms with E-state index in [1.54, 1.807) is 4.90 Å². The molecular weight excluding hydrogens is 482 g/mol. The summed E-state index contributed by atoms with van der Waals surface area (Å²) in [4.78, 5) is 17.3. The Morgan fingerprint density at radius 2 is 1.33 bits per heavy atom. The minimum absolute atomic E-state index is 0.107. The molecule has 4 aliphatic heterocycles. The van der Waals surface area contributed by atoms with Gasteiger partial charge in [-0.05, 0) is 62.3 Å². The van der Waals surface area contributed by atoms with Gasteiger partial charge < -0.3 is 19.1 Å². The maximum atomic E-state index is 11.1. The molecule has 4 fully saturated rings. The molecule has 0 unspecified atom stereocenters. The number of sulfone groups is 1. The van der Waals surface area contributed by atoms with Gasteiger partial charge >= 0.3 is 6.09 Å². The van der Waals surface area contributed by atoms with Crippen molar-refractivity contribution >= 4 is 15.9 Å². The fraction of sp³-hybridized carbons (Fsp3) is 0.962. The van der Waals surface area contributed by atoms with E-state index in [0.29, 0.717) is 48.6 Å². The van der Waals surface area contributed by atoms with E-state index in [2.05, 4.69) is 56.1 Å². The highest BCUT2D eigenvalue weighted by atomic mass is 32.2. The van der Waals surface area contributed by atoms with Crippen LogP contribution in [-0.2, 0) is 24.0 Å². The van der Waals surface area contributed by atoms with Crippen molar-refractivity contribution in [1.29, 1.82) is 0 Å². The van der Waals surface area contributed by atoms with E-state index >= 15 is 0 Å². The Balaban J connectivity index is 0.000000191. The monoisotopic (exact) mass is 533 g/mol. The lowest BCUT2D eigenvalue weighted by Crippen LogP contribution is -2.69. The minimum Gasteiger partial charge on any atom is -0.453 e. The Kier molecular flexibility index (Phi) is 9.93. The number of nitrogens with zero attached hydrogens (tertiary/aromatic N) is 3. The molecule has 36 heavy (non-hydrogen) atoms. The second-order valence-electron chi connectivity index (χ2n) is 13.6. The summed E-state index contributed by atoms with van der Waals surface area (Å²) in [6, 6.07) is 0. The summed E-state index contributed by atoms with van der Waals surface area (Å²) >= 11 is 0. The van der Waals surface area contributed by atoms with E-state index in [9.17, 15) is 13.2 Å². The van der Waals surface area contributed by atoms with Crippen molar-refractivity contribution in [2.75, 3.05) is 71.1 Å². The molecule has 212 valence electrons. The Labute approximate surface area is 219 Å². The fourth-order valence-corrected chi connectivity index (χ4v) is 5.69. The second-order valence-corrected chi connectivity index (χ2v) is 15.9. The zero-order valence-corrected chi connectivity index (χ0v) is 25.2. The highest BCUT2D eigenvalue weighted by Crippen LogP contribution is 2.40. The molecule has 4 rings (SSSR count). The lowest BCUT2D eigenvalue weighted by Gasteiger charge is -2.59. The summed E-state index contributed by atoms with van der Waals surface area (Å²) in [5.74, 6) is 0.647. The number of ether oxygens (including phenoxy) is 3. The molecule has 4 aliphatic rings. The second kappa shape index (κ2) is 11.4. The smallest absolute Gasteiger partial charge is 0.409 e. The summed E-state index contributed by atoms with van der Waals surface area (Å²) in [6.45, 7) is 26.4. The molecule has 4 heterocycles. The first-order chi connectivity index (χ1) is 16.3. The van der Waals surface area contributed by atoms with Crippen LogP contribution in [0.1, 0.15) is 62.3 Å². The number of carbonyl (C=O) groups is 1. The van der Waals surface area contributed by atoms with E-state index in [4.69, 9.17) is 9.47 Å². The zero-order valence-electron chi connectivity index (χ0n) is 24.3. The maximum Gasteiger partial charge on any atom is 0.409 e. The van der Waals surface area contributed by atoms with Crippen LogP contribution in [0.2, 0.25) is 0 Å². The minimum atomic E-state index is -2.72. The highest BCUT2D eigenvalue weighted by molar-refractivity contribution is 7.91. The molecule has 0 aromatic carbocycles. The fourth-order valence-electron chi connectivity index (χ4n) is 4.49. The molecule has 0 atom stereocenters. The molecule has 9 nitrogen and oxygen atoms in total. The van der Waals surface area contributed by atoms with Crippen molar-refractivity contribution in [3.63, 3.8) is 0 Å². The predicted octanol–water partition coefficient (Wildman–Crippen LogP) is 2.88. The van der Waals surface area contributed by atoms with Crippen molar-refractivity contribution in [3.8, 4) is 0 Å². The maximum absolute atomic E-state index is 11.1. The molecule has 0 aromatic heterocycles. The number of hydrogen-bond acceptors (Lipinski definition) is 8. The first kappa shape index (κ1) is 31.3. The van der Waals surface area contributed by atoms with Crippen LogP contribution >= 0.6 is 0 Å². The molecule has 1 amide bonds. The van der Waals surface area contributed by atoms with Crippen LogP contribution in [0.5, 0.6) is 0 Å². The summed E-state index contributed by atoms with van der Waals surface area (Å²) < 4.78 is 37.6. The molecule has 1 spiro atoms. The van der Waals surface area contributed by atoms with E-state index in [-0.39, 0.29) is 23.3 Å². The topological polar surface area (TPSA) is 88.6 Å². The number of hydrogen-bond donors (Lipinski definition) is 0. The third kappa shape index (κ3) is 9.42. The van der Waals surface area contributed by atoms with Gasteiger partial charge in [-0.15, -0.1) is 0 Å². The Bertz CT molecular complexity index is 809. The number of carbonyl (C=O) groups excluding carboxylic acids is 1. The van der Waals surface area contributed by atoms with E-state index in [1.807, 2.05) is 20.8 Å². The summed E-state index contributed by atoms with van der Waals surface area (Å²) in [5.41, 5.74) is 0.914. The van der Waals surface area contributed by atoms with Crippen LogP contribution in [0.4, 0.5) is 4.79 Å². The van der Waals surface area contributed by atoms with Crippen LogP contribution in [0, 0.1) is 5.41 Å². The Hall–Kier alpha value is -0.940.